The van der Waals surface area contributed by atoms with Crippen molar-refractivity contribution in [3.63, 3.8) is 0 Å². The number of rotatable bonds is 6. The number of tetrazole rings is 1. The Morgan fingerprint density at radius 1 is 1.04 bits per heavy atom. The van der Waals surface area contributed by atoms with Crippen LogP contribution in [0.1, 0.15) is 5.56 Å². The number of amides is 1. The Morgan fingerprint density at radius 3 is 2.33 bits per heavy atom. The van der Waals surface area contributed by atoms with Gasteiger partial charge in [0, 0.05) is 38.9 Å². The second-order valence-corrected chi connectivity index (χ2v) is 6.46. The molecule has 3 rings (SSSR count). The Morgan fingerprint density at radius 2 is 1.70 bits per heavy atom. The van der Waals surface area contributed by atoms with Gasteiger partial charge >= 0.3 is 0 Å². The van der Waals surface area contributed by atoms with Crippen LogP contribution in [-0.2, 0) is 17.9 Å². The Hall–Kier alpha value is -3.29. The number of carbonyl (C=O) groups is 1. The zero-order valence-electron chi connectivity index (χ0n) is 15.5. The Bertz CT molecular complexity index is 905. The number of halogens is 1. The maximum atomic E-state index is 13.0. The zero-order valence-corrected chi connectivity index (χ0v) is 15.5. The molecule has 0 bridgehead atoms. The van der Waals surface area contributed by atoms with Gasteiger partial charge in [-0.3, -0.25) is 4.79 Å². The summed E-state index contributed by atoms with van der Waals surface area (Å²) in [7, 11) is 5.70. The minimum Gasteiger partial charge on any atom is -0.378 e. The summed E-state index contributed by atoms with van der Waals surface area (Å²) in [6.45, 7) is 0.479. The van der Waals surface area contributed by atoms with E-state index >= 15 is 0 Å². The zero-order chi connectivity index (χ0) is 19.4. The van der Waals surface area contributed by atoms with Crippen LogP contribution in [-0.4, -0.2) is 52.2 Å². The third-order valence-corrected chi connectivity index (χ3v) is 4.13. The molecule has 2 aromatic carbocycles. The SMILES string of the molecule is CN(Cc1ccc(N(C)C)cc1)C(=O)Cn1nnc(-c2ccc(F)cc2)n1. The Balaban J connectivity index is 1.60. The molecule has 1 aromatic heterocycles. The minimum absolute atomic E-state index is 0.0134. The largest absolute Gasteiger partial charge is 0.378 e. The first-order chi connectivity index (χ1) is 12.9. The normalized spacial score (nSPS) is 10.7. The van der Waals surface area contributed by atoms with E-state index in [1.54, 1.807) is 24.1 Å². The van der Waals surface area contributed by atoms with Gasteiger partial charge in [-0.1, -0.05) is 12.1 Å². The number of benzene rings is 2. The quantitative estimate of drug-likeness (QED) is 0.667. The molecular weight excluding hydrogens is 347 g/mol. The predicted octanol–water partition coefficient (Wildman–Crippen LogP) is 2.20. The van der Waals surface area contributed by atoms with Crippen LogP contribution in [0.4, 0.5) is 10.1 Å². The van der Waals surface area contributed by atoms with Crippen LogP contribution in [0.25, 0.3) is 11.4 Å². The van der Waals surface area contributed by atoms with E-state index in [4.69, 9.17) is 0 Å². The average Bonchev–Trinajstić information content (AvgIpc) is 3.11. The van der Waals surface area contributed by atoms with Crippen molar-refractivity contribution in [1.82, 2.24) is 25.1 Å². The highest BCUT2D eigenvalue weighted by molar-refractivity contribution is 5.75. The predicted molar refractivity (Wildman–Crippen MR) is 100 cm³/mol. The maximum Gasteiger partial charge on any atom is 0.246 e. The van der Waals surface area contributed by atoms with Crippen molar-refractivity contribution >= 4 is 11.6 Å². The molecule has 0 aliphatic carbocycles. The molecule has 1 amide bonds. The number of hydrogen-bond donors (Lipinski definition) is 0. The second kappa shape index (κ2) is 7.94. The molecule has 0 N–H and O–H groups in total. The lowest BCUT2D eigenvalue weighted by Gasteiger charge is -2.18. The number of nitrogens with zero attached hydrogens (tertiary/aromatic N) is 6. The lowest BCUT2D eigenvalue weighted by Crippen LogP contribution is -2.30. The van der Waals surface area contributed by atoms with Gasteiger partial charge in [-0.25, -0.2) is 4.39 Å². The van der Waals surface area contributed by atoms with Gasteiger partial charge in [0.15, 0.2) is 0 Å². The van der Waals surface area contributed by atoms with Crippen molar-refractivity contribution in [1.29, 1.82) is 0 Å². The van der Waals surface area contributed by atoms with E-state index in [-0.39, 0.29) is 18.3 Å². The Labute approximate surface area is 157 Å². The maximum absolute atomic E-state index is 13.0. The molecule has 8 heteroatoms. The molecule has 0 aliphatic heterocycles. The molecule has 1 heterocycles. The monoisotopic (exact) mass is 368 g/mol. The smallest absolute Gasteiger partial charge is 0.246 e. The summed E-state index contributed by atoms with van der Waals surface area (Å²) in [5.74, 6) is -0.110. The van der Waals surface area contributed by atoms with E-state index in [2.05, 4.69) is 15.4 Å². The highest BCUT2D eigenvalue weighted by Gasteiger charge is 2.13. The highest BCUT2D eigenvalue weighted by Crippen LogP contribution is 2.15. The first-order valence-electron chi connectivity index (χ1n) is 8.46. The topological polar surface area (TPSA) is 67.2 Å². The first-order valence-corrected chi connectivity index (χ1v) is 8.46. The fraction of sp³-hybridized carbons (Fsp3) is 0.263. The number of likely N-dealkylation sites (N-methyl/N-ethyl adjacent to an activating group) is 1. The van der Waals surface area contributed by atoms with E-state index < -0.39 is 0 Å². The third-order valence-electron chi connectivity index (χ3n) is 4.13. The van der Waals surface area contributed by atoms with E-state index in [0.29, 0.717) is 17.9 Å². The highest BCUT2D eigenvalue weighted by atomic mass is 19.1. The van der Waals surface area contributed by atoms with Crippen LogP contribution in [0, 0.1) is 5.82 Å². The van der Waals surface area contributed by atoms with Gasteiger partial charge in [0.1, 0.15) is 12.4 Å². The molecule has 0 fully saturated rings. The summed E-state index contributed by atoms with van der Waals surface area (Å²) in [6, 6.07) is 13.8. The second-order valence-electron chi connectivity index (χ2n) is 6.46. The van der Waals surface area contributed by atoms with Crippen LogP contribution >= 0.6 is 0 Å². The minimum atomic E-state index is -0.332. The molecule has 3 aromatic rings. The summed E-state index contributed by atoms with van der Waals surface area (Å²) in [5.41, 5.74) is 2.78. The molecule has 0 atom stereocenters. The summed E-state index contributed by atoms with van der Waals surface area (Å²) in [5, 5.41) is 12.0. The lowest BCUT2D eigenvalue weighted by molar-refractivity contribution is -0.131. The molecule has 0 unspecified atom stereocenters. The first kappa shape index (κ1) is 18.5. The molecule has 0 aliphatic rings. The number of carbonyl (C=O) groups excluding carboxylic acids is 1. The van der Waals surface area contributed by atoms with Crippen molar-refractivity contribution in [2.45, 2.75) is 13.1 Å². The number of anilines is 1. The molecule has 0 spiro atoms. The van der Waals surface area contributed by atoms with Crippen molar-refractivity contribution < 1.29 is 9.18 Å². The molecular formula is C19H21FN6O. The molecule has 27 heavy (non-hydrogen) atoms. The van der Waals surface area contributed by atoms with Crippen molar-refractivity contribution in [2.75, 3.05) is 26.0 Å². The van der Waals surface area contributed by atoms with Gasteiger partial charge in [-0.2, -0.15) is 4.80 Å². The van der Waals surface area contributed by atoms with Gasteiger partial charge in [-0.05, 0) is 47.2 Å². The summed E-state index contributed by atoms with van der Waals surface area (Å²) < 4.78 is 13.0. The summed E-state index contributed by atoms with van der Waals surface area (Å²) >= 11 is 0. The summed E-state index contributed by atoms with van der Waals surface area (Å²) in [6.07, 6.45) is 0. The fourth-order valence-electron chi connectivity index (χ4n) is 2.53. The van der Waals surface area contributed by atoms with Crippen LogP contribution < -0.4 is 4.90 Å². The molecule has 0 saturated carbocycles. The average molecular weight is 368 g/mol. The van der Waals surface area contributed by atoms with Crippen molar-refractivity contribution in [2.24, 2.45) is 0 Å². The van der Waals surface area contributed by atoms with Crippen LogP contribution in [0.3, 0.4) is 0 Å². The molecule has 140 valence electrons. The number of hydrogen-bond acceptors (Lipinski definition) is 5. The van der Waals surface area contributed by atoms with Crippen LogP contribution in [0.2, 0.25) is 0 Å². The van der Waals surface area contributed by atoms with E-state index in [9.17, 15) is 9.18 Å². The lowest BCUT2D eigenvalue weighted by atomic mass is 10.2. The van der Waals surface area contributed by atoms with Gasteiger partial charge < -0.3 is 9.80 Å². The van der Waals surface area contributed by atoms with Crippen LogP contribution in [0.15, 0.2) is 48.5 Å². The van der Waals surface area contributed by atoms with Crippen molar-refractivity contribution in [3.05, 3.63) is 59.9 Å². The molecule has 0 saturated heterocycles. The summed E-state index contributed by atoms with van der Waals surface area (Å²) in [4.78, 5) is 17.3. The van der Waals surface area contributed by atoms with Gasteiger partial charge in [0.2, 0.25) is 11.7 Å². The van der Waals surface area contributed by atoms with Crippen LogP contribution in [0.5, 0.6) is 0 Å². The van der Waals surface area contributed by atoms with E-state index in [1.807, 2.05) is 43.3 Å². The standard InChI is InChI=1S/C19H21FN6O/c1-24(2)17-10-4-14(5-11-17)12-25(3)18(27)13-26-22-19(21-23-26)15-6-8-16(20)9-7-15/h4-11H,12-13H2,1-3H3. The van der Waals surface area contributed by atoms with Gasteiger partial charge in [0.25, 0.3) is 0 Å². The molecule has 7 nitrogen and oxygen atoms in total. The molecule has 0 radical (unpaired) electrons. The number of aromatic nitrogens is 4. The van der Waals surface area contributed by atoms with Crippen molar-refractivity contribution in [3.8, 4) is 11.4 Å². The van der Waals surface area contributed by atoms with Gasteiger partial charge in [0.05, 0.1) is 0 Å². The van der Waals surface area contributed by atoms with Gasteiger partial charge in [-0.15, -0.1) is 10.2 Å². The Kier molecular flexibility index (Phi) is 5.44. The van der Waals surface area contributed by atoms with E-state index in [0.717, 1.165) is 11.3 Å². The fourth-order valence-corrected chi connectivity index (χ4v) is 2.53. The third kappa shape index (κ3) is 4.66. The van der Waals surface area contributed by atoms with E-state index in [1.165, 1.54) is 16.9 Å².